The highest BCUT2D eigenvalue weighted by atomic mass is 32.2. The van der Waals surface area contributed by atoms with Crippen molar-refractivity contribution in [3.8, 4) is 11.1 Å². The molecule has 2 fully saturated rings. The fraction of sp³-hybridized carbons (Fsp3) is 0.409. The SMILES string of the molecule is O=C1C[C@@H](c2ccc(-c3ccc(F)c(C(F)(F)F)c3)cc2C2CCCCC2)S(=O)(=O)N1. The van der Waals surface area contributed by atoms with Crippen molar-refractivity contribution in [2.75, 3.05) is 0 Å². The van der Waals surface area contributed by atoms with E-state index in [0.717, 1.165) is 49.8 Å². The van der Waals surface area contributed by atoms with Gasteiger partial charge >= 0.3 is 6.18 Å². The number of rotatable bonds is 3. The summed E-state index contributed by atoms with van der Waals surface area (Å²) in [6.45, 7) is 0. The summed E-state index contributed by atoms with van der Waals surface area (Å²) in [7, 11) is -3.86. The summed E-state index contributed by atoms with van der Waals surface area (Å²) in [6, 6.07) is 7.66. The van der Waals surface area contributed by atoms with Crippen molar-refractivity contribution < 1.29 is 30.8 Å². The number of alkyl halides is 3. The van der Waals surface area contributed by atoms with Crippen LogP contribution in [0.3, 0.4) is 0 Å². The molecular formula is C22H21F4NO3S. The van der Waals surface area contributed by atoms with Gasteiger partial charge in [-0.3, -0.25) is 9.52 Å². The number of amides is 1. The molecule has 1 heterocycles. The lowest BCUT2D eigenvalue weighted by atomic mass is 9.80. The molecular weight excluding hydrogens is 434 g/mol. The molecule has 1 N–H and O–H groups in total. The normalized spacial score (nSPS) is 21.8. The summed E-state index contributed by atoms with van der Waals surface area (Å²) in [6.07, 6.45) is -0.328. The van der Waals surface area contributed by atoms with Gasteiger partial charge in [0.05, 0.1) is 12.0 Å². The van der Waals surface area contributed by atoms with Crippen molar-refractivity contribution in [2.45, 2.75) is 55.9 Å². The Balaban J connectivity index is 1.83. The minimum Gasteiger partial charge on any atom is -0.274 e. The molecule has 166 valence electrons. The molecule has 31 heavy (non-hydrogen) atoms. The van der Waals surface area contributed by atoms with Gasteiger partial charge < -0.3 is 0 Å². The first kappa shape index (κ1) is 21.8. The van der Waals surface area contributed by atoms with Crippen LogP contribution in [0.4, 0.5) is 17.6 Å². The molecule has 1 aliphatic heterocycles. The average Bonchev–Trinajstić information content (AvgIpc) is 2.99. The average molecular weight is 455 g/mol. The van der Waals surface area contributed by atoms with Crippen LogP contribution in [0.25, 0.3) is 11.1 Å². The van der Waals surface area contributed by atoms with Crippen molar-refractivity contribution in [2.24, 2.45) is 0 Å². The standard InChI is InChI=1S/C22H21F4NO3S/c23-19-9-7-15(11-18(19)22(24,25)26)14-6-8-16(20-12-21(28)27-31(20,29)30)17(10-14)13-4-2-1-3-5-13/h6-11,13,20H,1-5,12H2,(H,27,28)/t20-/m0/s1. The van der Waals surface area contributed by atoms with Crippen LogP contribution in [0.5, 0.6) is 0 Å². The third kappa shape index (κ3) is 4.33. The van der Waals surface area contributed by atoms with E-state index in [4.69, 9.17) is 0 Å². The number of carbonyl (C=O) groups is 1. The number of hydrogen-bond acceptors (Lipinski definition) is 3. The van der Waals surface area contributed by atoms with Gasteiger partial charge in [-0.05, 0) is 53.1 Å². The predicted molar refractivity (Wildman–Crippen MR) is 107 cm³/mol. The highest BCUT2D eigenvalue weighted by Gasteiger charge is 2.40. The van der Waals surface area contributed by atoms with Gasteiger partial charge in [-0.1, -0.05) is 43.5 Å². The number of carbonyl (C=O) groups excluding carboxylic acids is 1. The van der Waals surface area contributed by atoms with Gasteiger partial charge in [0.15, 0.2) is 0 Å². The lowest BCUT2D eigenvalue weighted by Gasteiger charge is -2.26. The first-order valence-electron chi connectivity index (χ1n) is 10.1. The Hall–Kier alpha value is -2.42. The van der Waals surface area contributed by atoms with Crippen LogP contribution >= 0.6 is 0 Å². The molecule has 0 aromatic heterocycles. The zero-order chi connectivity index (χ0) is 22.4. The maximum absolute atomic E-state index is 13.7. The molecule has 2 aromatic carbocycles. The van der Waals surface area contributed by atoms with E-state index in [-0.39, 0.29) is 17.9 Å². The van der Waals surface area contributed by atoms with Gasteiger partial charge in [-0.2, -0.15) is 13.2 Å². The van der Waals surface area contributed by atoms with E-state index in [1.807, 2.05) is 4.72 Å². The molecule has 0 unspecified atom stereocenters. The smallest absolute Gasteiger partial charge is 0.274 e. The molecule has 4 rings (SSSR count). The number of sulfonamides is 1. The lowest BCUT2D eigenvalue weighted by Crippen LogP contribution is -2.22. The summed E-state index contributed by atoms with van der Waals surface area (Å²) in [5.41, 5.74) is 0.541. The Morgan fingerprint density at radius 3 is 2.16 bits per heavy atom. The second kappa shape index (κ2) is 7.93. The zero-order valence-electron chi connectivity index (χ0n) is 16.5. The molecule has 1 amide bonds. The van der Waals surface area contributed by atoms with E-state index in [9.17, 15) is 30.8 Å². The van der Waals surface area contributed by atoms with Crippen LogP contribution in [0.15, 0.2) is 36.4 Å². The highest BCUT2D eigenvalue weighted by molar-refractivity contribution is 7.90. The number of halogens is 4. The Labute approximate surface area is 177 Å². The molecule has 1 atom stereocenters. The molecule has 4 nitrogen and oxygen atoms in total. The maximum Gasteiger partial charge on any atom is 0.419 e. The summed E-state index contributed by atoms with van der Waals surface area (Å²) in [5.74, 6) is -1.86. The van der Waals surface area contributed by atoms with Gasteiger partial charge in [0.2, 0.25) is 15.9 Å². The van der Waals surface area contributed by atoms with E-state index >= 15 is 0 Å². The minimum absolute atomic E-state index is 0.0529. The summed E-state index contributed by atoms with van der Waals surface area (Å²) in [4.78, 5) is 11.7. The van der Waals surface area contributed by atoms with Gasteiger partial charge in [0, 0.05) is 0 Å². The first-order chi connectivity index (χ1) is 14.6. The second-order valence-electron chi connectivity index (χ2n) is 8.13. The zero-order valence-corrected chi connectivity index (χ0v) is 17.3. The van der Waals surface area contributed by atoms with Crippen molar-refractivity contribution in [1.82, 2.24) is 4.72 Å². The van der Waals surface area contributed by atoms with Crippen molar-refractivity contribution in [3.05, 3.63) is 58.9 Å². The van der Waals surface area contributed by atoms with E-state index in [1.54, 1.807) is 12.1 Å². The highest BCUT2D eigenvalue weighted by Crippen LogP contribution is 2.42. The fourth-order valence-corrected chi connectivity index (χ4v) is 6.03. The monoisotopic (exact) mass is 455 g/mol. The third-order valence-electron chi connectivity index (χ3n) is 6.09. The van der Waals surface area contributed by atoms with Gasteiger partial charge in [0.1, 0.15) is 11.1 Å². The van der Waals surface area contributed by atoms with Crippen molar-refractivity contribution >= 4 is 15.9 Å². The van der Waals surface area contributed by atoms with Crippen molar-refractivity contribution in [1.29, 1.82) is 0 Å². The predicted octanol–water partition coefficient (Wildman–Crippen LogP) is 5.45. The maximum atomic E-state index is 13.7. The molecule has 0 radical (unpaired) electrons. The fourth-order valence-electron chi connectivity index (χ4n) is 4.56. The Bertz CT molecular complexity index is 1120. The molecule has 0 bridgehead atoms. The molecule has 1 aliphatic carbocycles. The van der Waals surface area contributed by atoms with Gasteiger partial charge in [0.25, 0.3) is 0 Å². The van der Waals surface area contributed by atoms with E-state index < -0.39 is 38.7 Å². The molecule has 2 aliphatic rings. The quantitative estimate of drug-likeness (QED) is 0.626. The Morgan fingerprint density at radius 2 is 1.55 bits per heavy atom. The van der Waals surface area contributed by atoms with Crippen LogP contribution < -0.4 is 4.72 Å². The summed E-state index contributed by atoms with van der Waals surface area (Å²) >= 11 is 0. The van der Waals surface area contributed by atoms with E-state index in [1.165, 1.54) is 12.1 Å². The Morgan fingerprint density at radius 1 is 0.903 bits per heavy atom. The second-order valence-corrected chi connectivity index (χ2v) is 10.00. The van der Waals surface area contributed by atoms with Crippen LogP contribution in [0, 0.1) is 5.82 Å². The summed E-state index contributed by atoms with van der Waals surface area (Å²) in [5, 5.41) is -1.02. The van der Waals surface area contributed by atoms with E-state index in [0.29, 0.717) is 11.1 Å². The van der Waals surface area contributed by atoms with E-state index in [2.05, 4.69) is 0 Å². The van der Waals surface area contributed by atoms with Crippen LogP contribution in [0.2, 0.25) is 0 Å². The number of benzene rings is 2. The van der Waals surface area contributed by atoms with Crippen LogP contribution in [0.1, 0.15) is 66.4 Å². The molecule has 0 spiro atoms. The lowest BCUT2D eigenvalue weighted by molar-refractivity contribution is -0.140. The largest absolute Gasteiger partial charge is 0.419 e. The summed E-state index contributed by atoms with van der Waals surface area (Å²) < 4.78 is 80.1. The topological polar surface area (TPSA) is 63.2 Å². The number of hydrogen-bond donors (Lipinski definition) is 1. The first-order valence-corrected chi connectivity index (χ1v) is 11.7. The van der Waals surface area contributed by atoms with Crippen LogP contribution in [-0.4, -0.2) is 14.3 Å². The minimum atomic E-state index is -4.82. The molecule has 1 saturated carbocycles. The third-order valence-corrected chi connectivity index (χ3v) is 7.77. The Kier molecular flexibility index (Phi) is 5.57. The van der Waals surface area contributed by atoms with Gasteiger partial charge in [-0.25, -0.2) is 12.8 Å². The van der Waals surface area contributed by atoms with Crippen LogP contribution in [-0.2, 0) is 21.0 Å². The molecule has 2 aromatic rings. The molecule has 9 heteroatoms. The molecule has 1 saturated heterocycles. The van der Waals surface area contributed by atoms with Gasteiger partial charge in [-0.15, -0.1) is 0 Å². The van der Waals surface area contributed by atoms with Crippen molar-refractivity contribution in [3.63, 3.8) is 0 Å². The number of nitrogens with one attached hydrogen (secondary N) is 1.